The molecule has 0 bridgehead atoms. The van der Waals surface area contributed by atoms with Crippen molar-refractivity contribution >= 4 is 22.8 Å². The Bertz CT molecular complexity index is 1300. The van der Waals surface area contributed by atoms with Crippen LogP contribution in [0.2, 0.25) is 0 Å². The van der Waals surface area contributed by atoms with Gasteiger partial charge in [0.05, 0.1) is 5.56 Å². The molecule has 0 saturated heterocycles. The van der Waals surface area contributed by atoms with Gasteiger partial charge >= 0.3 is 12.1 Å². The van der Waals surface area contributed by atoms with E-state index in [2.05, 4.69) is 29.6 Å². The normalized spacial score (nSPS) is 12.2. The Morgan fingerprint density at radius 3 is 2.09 bits per heavy atom. The van der Waals surface area contributed by atoms with Crippen molar-refractivity contribution in [2.45, 2.75) is 12.5 Å². The number of benzene rings is 4. The van der Waals surface area contributed by atoms with E-state index in [1.54, 1.807) is 24.3 Å². The molecule has 1 amide bonds. The third-order valence-electron chi connectivity index (χ3n) is 6.01. The van der Waals surface area contributed by atoms with E-state index in [0.717, 1.165) is 22.1 Å². The van der Waals surface area contributed by atoms with Crippen LogP contribution in [0.5, 0.6) is 0 Å². The molecule has 5 nitrogen and oxygen atoms in total. The van der Waals surface area contributed by atoms with Crippen LogP contribution in [0.25, 0.3) is 21.9 Å². The first kappa shape index (κ1) is 19.8. The zero-order chi connectivity index (χ0) is 22.1. The Labute approximate surface area is 185 Å². The van der Waals surface area contributed by atoms with Crippen LogP contribution in [0.3, 0.4) is 0 Å². The Hall–Kier alpha value is -4.12. The molecule has 0 aliphatic heterocycles. The second-order valence-corrected chi connectivity index (χ2v) is 7.80. The number of fused-ring (bicyclic) bond motifs is 4. The highest BCUT2D eigenvalue weighted by atomic mass is 16.5. The van der Waals surface area contributed by atoms with Gasteiger partial charge in [-0.1, -0.05) is 78.9 Å². The lowest BCUT2D eigenvalue weighted by atomic mass is 9.98. The first-order valence-corrected chi connectivity index (χ1v) is 10.5. The molecular weight excluding hydrogens is 402 g/mol. The summed E-state index contributed by atoms with van der Waals surface area (Å²) in [5, 5.41) is 13.7. The molecular formula is C27H21NO4. The second kappa shape index (κ2) is 8.19. The average molecular weight is 423 g/mol. The van der Waals surface area contributed by atoms with Crippen LogP contribution in [0.4, 0.5) is 4.79 Å². The van der Waals surface area contributed by atoms with Gasteiger partial charge in [-0.15, -0.1) is 0 Å². The molecule has 0 fully saturated rings. The van der Waals surface area contributed by atoms with Crippen LogP contribution in [-0.4, -0.2) is 23.8 Å². The second-order valence-electron chi connectivity index (χ2n) is 7.80. The number of carbonyl (C=O) groups excluding carboxylic acids is 1. The topological polar surface area (TPSA) is 75.6 Å². The number of hydrogen-bond donors (Lipinski definition) is 2. The smallest absolute Gasteiger partial charge is 0.407 e. The zero-order valence-corrected chi connectivity index (χ0v) is 17.2. The lowest BCUT2D eigenvalue weighted by molar-refractivity contribution is 0.0699. The van der Waals surface area contributed by atoms with Crippen LogP contribution >= 0.6 is 0 Å². The van der Waals surface area contributed by atoms with Crippen molar-refractivity contribution < 1.29 is 19.4 Å². The van der Waals surface area contributed by atoms with E-state index >= 15 is 0 Å². The van der Waals surface area contributed by atoms with E-state index in [1.165, 1.54) is 11.1 Å². The molecule has 4 aromatic rings. The molecule has 0 aromatic heterocycles. The minimum absolute atomic E-state index is 0.00355. The van der Waals surface area contributed by atoms with Gasteiger partial charge in [0, 0.05) is 12.5 Å². The molecule has 0 radical (unpaired) electrons. The first-order valence-electron chi connectivity index (χ1n) is 10.5. The number of alkyl carbamates (subject to hydrolysis) is 1. The molecule has 1 aliphatic rings. The maximum atomic E-state index is 12.5. The van der Waals surface area contributed by atoms with Gasteiger partial charge in [0.1, 0.15) is 6.61 Å². The summed E-state index contributed by atoms with van der Waals surface area (Å²) in [4.78, 5) is 24.0. The molecule has 4 aromatic carbocycles. The van der Waals surface area contributed by atoms with Gasteiger partial charge in [-0.2, -0.15) is 0 Å². The lowest BCUT2D eigenvalue weighted by Crippen LogP contribution is -2.25. The number of carboxylic acids is 1. The largest absolute Gasteiger partial charge is 0.478 e. The van der Waals surface area contributed by atoms with Gasteiger partial charge in [-0.05, 0) is 44.7 Å². The monoisotopic (exact) mass is 423 g/mol. The predicted molar refractivity (Wildman–Crippen MR) is 123 cm³/mol. The summed E-state index contributed by atoms with van der Waals surface area (Å²) >= 11 is 0. The standard InChI is InChI=1S/C27H21NO4/c29-26(30)24-14-6-12-18-17(7-5-13-19(18)24)15-28-27(31)32-16-25-22-10-3-1-8-20(22)21-9-2-4-11-23(21)25/h1-14,25H,15-16H2,(H,28,31)(H,29,30). The molecule has 0 spiro atoms. The van der Waals surface area contributed by atoms with Gasteiger partial charge in [-0.25, -0.2) is 9.59 Å². The minimum atomic E-state index is -0.975. The summed E-state index contributed by atoms with van der Waals surface area (Å²) in [6.45, 7) is 0.496. The van der Waals surface area contributed by atoms with Gasteiger partial charge < -0.3 is 15.2 Å². The quantitative estimate of drug-likeness (QED) is 0.440. The highest BCUT2D eigenvalue weighted by Gasteiger charge is 2.29. The molecule has 0 atom stereocenters. The maximum absolute atomic E-state index is 12.5. The Morgan fingerprint density at radius 1 is 0.781 bits per heavy atom. The van der Waals surface area contributed by atoms with Crippen molar-refractivity contribution in [1.29, 1.82) is 0 Å². The summed E-state index contributed by atoms with van der Waals surface area (Å²) in [5.74, 6) is -0.971. The van der Waals surface area contributed by atoms with E-state index in [4.69, 9.17) is 4.74 Å². The SMILES string of the molecule is O=C(NCc1cccc2c(C(=O)O)cccc12)OCC1c2ccccc2-c2ccccc21. The van der Waals surface area contributed by atoms with Gasteiger partial charge in [0.2, 0.25) is 0 Å². The highest BCUT2D eigenvalue weighted by molar-refractivity contribution is 6.04. The minimum Gasteiger partial charge on any atom is -0.478 e. The van der Waals surface area contributed by atoms with Gasteiger partial charge in [0.25, 0.3) is 0 Å². The van der Waals surface area contributed by atoms with E-state index in [0.29, 0.717) is 5.39 Å². The molecule has 5 heteroatoms. The van der Waals surface area contributed by atoms with Gasteiger partial charge in [0.15, 0.2) is 0 Å². The van der Waals surface area contributed by atoms with Crippen molar-refractivity contribution in [1.82, 2.24) is 5.32 Å². The fourth-order valence-electron chi connectivity index (χ4n) is 4.53. The number of aromatic carboxylic acids is 1. The number of carboxylic acid groups (broad SMARTS) is 1. The molecule has 32 heavy (non-hydrogen) atoms. The van der Waals surface area contributed by atoms with E-state index < -0.39 is 12.1 Å². The third kappa shape index (κ3) is 3.48. The van der Waals surface area contributed by atoms with Crippen LogP contribution in [-0.2, 0) is 11.3 Å². The van der Waals surface area contributed by atoms with E-state index in [9.17, 15) is 14.7 Å². The molecule has 2 N–H and O–H groups in total. The third-order valence-corrected chi connectivity index (χ3v) is 6.01. The van der Waals surface area contributed by atoms with Crippen LogP contribution in [0, 0.1) is 0 Å². The number of ether oxygens (including phenoxy) is 1. The Kier molecular flexibility index (Phi) is 5.07. The first-order chi connectivity index (χ1) is 15.6. The molecule has 0 unspecified atom stereocenters. The number of carbonyl (C=O) groups is 2. The lowest BCUT2D eigenvalue weighted by Gasteiger charge is -2.15. The van der Waals surface area contributed by atoms with Crippen molar-refractivity contribution in [3.63, 3.8) is 0 Å². The number of nitrogens with one attached hydrogen (secondary N) is 1. The Balaban J connectivity index is 1.29. The maximum Gasteiger partial charge on any atom is 0.407 e. The summed E-state index contributed by atoms with van der Waals surface area (Å²) in [7, 11) is 0. The molecule has 1 aliphatic carbocycles. The van der Waals surface area contributed by atoms with Gasteiger partial charge in [-0.3, -0.25) is 0 Å². The van der Waals surface area contributed by atoms with Crippen LogP contribution in [0.1, 0.15) is 33.0 Å². The van der Waals surface area contributed by atoms with Crippen LogP contribution < -0.4 is 5.32 Å². The zero-order valence-electron chi connectivity index (χ0n) is 17.2. The number of amides is 1. The van der Waals surface area contributed by atoms with Crippen LogP contribution in [0.15, 0.2) is 84.9 Å². The van der Waals surface area contributed by atoms with Crippen molar-refractivity contribution in [3.05, 3.63) is 107 Å². The van der Waals surface area contributed by atoms with E-state index in [1.807, 2.05) is 36.4 Å². The number of hydrogen-bond acceptors (Lipinski definition) is 3. The number of rotatable bonds is 5. The van der Waals surface area contributed by atoms with Crippen molar-refractivity contribution in [2.24, 2.45) is 0 Å². The summed E-state index contributed by atoms with van der Waals surface area (Å²) in [6.07, 6.45) is -0.502. The van der Waals surface area contributed by atoms with Crippen molar-refractivity contribution in [3.8, 4) is 11.1 Å². The molecule has 158 valence electrons. The molecule has 0 saturated carbocycles. The summed E-state index contributed by atoms with van der Waals surface area (Å²) in [5.41, 5.74) is 5.77. The Morgan fingerprint density at radius 2 is 1.41 bits per heavy atom. The molecule has 5 rings (SSSR count). The fourth-order valence-corrected chi connectivity index (χ4v) is 4.53. The summed E-state index contributed by atoms with van der Waals surface area (Å²) in [6, 6.07) is 27.0. The van der Waals surface area contributed by atoms with E-state index in [-0.39, 0.29) is 24.6 Å². The fraction of sp³-hybridized carbons (Fsp3) is 0.111. The highest BCUT2D eigenvalue weighted by Crippen LogP contribution is 2.44. The average Bonchev–Trinajstić information content (AvgIpc) is 3.14. The van der Waals surface area contributed by atoms with Crippen molar-refractivity contribution in [2.75, 3.05) is 6.61 Å². The molecule has 0 heterocycles. The predicted octanol–water partition coefficient (Wildman–Crippen LogP) is 5.58. The summed E-state index contributed by atoms with van der Waals surface area (Å²) < 4.78 is 5.59.